The van der Waals surface area contributed by atoms with E-state index in [1.807, 2.05) is 42.5 Å². The van der Waals surface area contributed by atoms with Gasteiger partial charge in [0.25, 0.3) is 5.69 Å². The Hall–Kier alpha value is -2.92. The molecule has 5 heteroatoms. The summed E-state index contributed by atoms with van der Waals surface area (Å²) in [5, 5.41) is 23.2. The Balaban J connectivity index is 1.89. The van der Waals surface area contributed by atoms with Crippen molar-refractivity contribution in [1.29, 1.82) is 0 Å². The van der Waals surface area contributed by atoms with Gasteiger partial charge < -0.3 is 9.84 Å². The summed E-state index contributed by atoms with van der Waals surface area (Å²) in [5.41, 5.74) is 1.80. The first kappa shape index (κ1) is 14.7. The minimum absolute atomic E-state index is 0.0517. The van der Waals surface area contributed by atoms with Gasteiger partial charge in [0.1, 0.15) is 5.75 Å². The van der Waals surface area contributed by atoms with Gasteiger partial charge in [0.05, 0.1) is 4.92 Å². The molecule has 0 spiro atoms. The minimum atomic E-state index is -0.937. The Morgan fingerprint density at radius 2 is 1.92 bits per heavy atom. The Morgan fingerprint density at radius 3 is 2.75 bits per heavy atom. The summed E-state index contributed by atoms with van der Waals surface area (Å²) in [6, 6.07) is 18.4. The van der Waals surface area contributed by atoms with Gasteiger partial charge in [0, 0.05) is 35.4 Å². The van der Waals surface area contributed by atoms with Crippen molar-refractivity contribution in [2.24, 2.45) is 0 Å². The van der Waals surface area contributed by atoms with E-state index >= 15 is 0 Å². The second-order valence-corrected chi connectivity index (χ2v) is 5.92. The standard InChI is InChI=1S/C19H15NO4/c21-18-11-17(13-5-3-6-14(10-13)20(22)23)16-9-8-12-4-1-2-7-15(12)19(16)24-18/h1-10,17-18,21H,11H2/t17-,18-/m0/s1. The fraction of sp³-hybridized carbons (Fsp3) is 0.158. The van der Waals surface area contributed by atoms with E-state index in [9.17, 15) is 15.2 Å². The van der Waals surface area contributed by atoms with E-state index in [1.54, 1.807) is 12.1 Å². The zero-order chi connectivity index (χ0) is 16.7. The highest BCUT2D eigenvalue weighted by molar-refractivity contribution is 5.90. The Labute approximate surface area is 138 Å². The normalized spacial score (nSPS) is 19.5. The highest BCUT2D eigenvalue weighted by atomic mass is 16.6. The number of fused-ring (bicyclic) bond motifs is 3. The molecule has 0 fully saturated rings. The van der Waals surface area contributed by atoms with Crippen LogP contribution in [0.15, 0.2) is 60.7 Å². The summed E-state index contributed by atoms with van der Waals surface area (Å²) in [5.74, 6) is 0.511. The van der Waals surface area contributed by atoms with Crippen molar-refractivity contribution in [3.63, 3.8) is 0 Å². The van der Waals surface area contributed by atoms with Gasteiger partial charge in [-0.25, -0.2) is 0 Å². The average Bonchev–Trinajstić information content (AvgIpc) is 2.61. The van der Waals surface area contributed by atoms with E-state index in [1.165, 1.54) is 6.07 Å². The average molecular weight is 321 g/mol. The molecular formula is C19H15NO4. The molecule has 1 N–H and O–H groups in total. The summed E-state index contributed by atoms with van der Waals surface area (Å²) >= 11 is 0. The first-order chi connectivity index (χ1) is 11.6. The lowest BCUT2D eigenvalue weighted by molar-refractivity contribution is -0.384. The van der Waals surface area contributed by atoms with Gasteiger partial charge in [-0.1, -0.05) is 48.5 Å². The Kier molecular flexibility index (Phi) is 3.43. The van der Waals surface area contributed by atoms with Crippen LogP contribution in [0, 0.1) is 10.1 Å². The van der Waals surface area contributed by atoms with E-state index < -0.39 is 11.2 Å². The minimum Gasteiger partial charge on any atom is -0.464 e. The van der Waals surface area contributed by atoms with Crippen LogP contribution in [0.1, 0.15) is 23.5 Å². The van der Waals surface area contributed by atoms with Crippen LogP contribution < -0.4 is 4.74 Å². The lowest BCUT2D eigenvalue weighted by Gasteiger charge is -2.30. The predicted octanol–water partition coefficient (Wildman–Crippen LogP) is 3.98. The Morgan fingerprint density at radius 1 is 1.08 bits per heavy atom. The van der Waals surface area contributed by atoms with E-state index in [4.69, 9.17) is 4.74 Å². The van der Waals surface area contributed by atoms with Crippen molar-refractivity contribution >= 4 is 16.5 Å². The SMILES string of the molecule is O=[N+]([O-])c1cccc([C@@H]2C[C@@H](O)Oc3c2ccc2ccccc32)c1. The number of aliphatic hydroxyl groups excluding tert-OH is 1. The van der Waals surface area contributed by atoms with Crippen LogP contribution in [-0.2, 0) is 0 Å². The fourth-order valence-corrected chi connectivity index (χ4v) is 3.35. The summed E-state index contributed by atoms with van der Waals surface area (Å²) < 4.78 is 5.70. The van der Waals surface area contributed by atoms with Gasteiger partial charge in [0.15, 0.2) is 6.29 Å². The molecule has 0 aromatic heterocycles. The number of nitro groups is 1. The topological polar surface area (TPSA) is 72.6 Å². The maximum absolute atomic E-state index is 11.1. The molecule has 5 nitrogen and oxygen atoms in total. The number of nitrogens with zero attached hydrogens (tertiary/aromatic N) is 1. The summed E-state index contributed by atoms with van der Waals surface area (Å²) in [6.07, 6.45) is -0.570. The molecule has 1 aliphatic rings. The molecule has 3 aromatic carbocycles. The molecule has 0 radical (unpaired) electrons. The molecule has 1 heterocycles. The third-order valence-corrected chi connectivity index (χ3v) is 4.46. The van der Waals surface area contributed by atoms with E-state index in [2.05, 4.69) is 0 Å². The van der Waals surface area contributed by atoms with E-state index in [0.717, 1.165) is 21.9 Å². The van der Waals surface area contributed by atoms with Gasteiger partial charge in [-0.2, -0.15) is 0 Å². The van der Waals surface area contributed by atoms with Crippen molar-refractivity contribution in [2.45, 2.75) is 18.6 Å². The van der Waals surface area contributed by atoms with Crippen molar-refractivity contribution in [1.82, 2.24) is 0 Å². The molecule has 0 amide bonds. The molecular weight excluding hydrogens is 306 g/mol. The number of rotatable bonds is 2. The number of hydrogen-bond acceptors (Lipinski definition) is 4. The third-order valence-electron chi connectivity index (χ3n) is 4.46. The molecule has 2 atom stereocenters. The van der Waals surface area contributed by atoms with Crippen LogP contribution in [0.2, 0.25) is 0 Å². The van der Waals surface area contributed by atoms with Crippen LogP contribution >= 0.6 is 0 Å². The van der Waals surface area contributed by atoms with Gasteiger partial charge in [-0.3, -0.25) is 10.1 Å². The van der Waals surface area contributed by atoms with Crippen molar-refractivity contribution in [2.75, 3.05) is 0 Å². The second-order valence-electron chi connectivity index (χ2n) is 5.92. The predicted molar refractivity (Wildman–Crippen MR) is 90.1 cm³/mol. The van der Waals surface area contributed by atoms with Gasteiger partial charge in [-0.05, 0) is 10.9 Å². The lowest BCUT2D eigenvalue weighted by Crippen LogP contribution is -2.25. The summed E-state index contributed by atoms with van der Waals surface area (Å²) in [7, 11) is 0. The van der Waals surface area contributed by atoms with Crippen LogP contribution in [0.4, 0.5) is 5.69 Å². The van der Waals surface area contributed by atoms with Crippen LogP contribution in [0.25, 0.3) is 10.8 Å². The number of nitro benzene ring substituents is 1. The zero-order valence-corrected chi connectivity index (χ0v) is 12.8. The third kappa shape index (κ3) is 2.39. The monoisotopic (exact) mass is 321 g/mol. The number of ether oxygens (including phenoxy) is 1. The largest absolute Gasteiger partial charge is 0.464 e. The molecule has 24 heavy (non-hydrogen) atoms. The van der Waals surface area contributed by atoms with Gasteiger partial charge in [-0.15, -0.1) is 0 Å². The molecule has 4 rings (SSSR count). The number of benzene rings is 3. The quantitative estimate of drug-likeness (QED) is 0.572. The van der Waals surface area contributed by atoms with Crippen LogP contribution in [-0.4, -0.2) is 16.3 Å². The van der Waals surface area contributed by atoms with Crippen molar-refractivity contribution in [3.8, 4) is 5.75 Å². The van der Waals surface area contributed by atoms with Crippen LogP contribution in [0.3, 0.4) is 0 Å². The molecule has 0 unspecified atom stereocenters. The Bertz CT molecular complexity index is 938. The second kappa shape index (κ2) is 5.62. The summed E-state index contributed by atoms with van der Waals surface area (Å²) in [6.45, 7) is 0. The first-order valence-electron chi connectivity index (χ1n) is 7.74. The highest BCUT2D eigenvalue weighted by Crippen LogP contribution is 2.44. The molecule has 0 saturated carbocycles. The van der Waals surface area contributed by atoms with E-state index in [-0.39, 0.29) is 11.6 Å². The zero-order valence-electron chi connectivity index (χ0n) is 12.8. The molecule has 1 aliphatic heterocycles. The van der Waals surface area contributed by atoms with Crippen LogP contribution in [0.5, 0.6) is 5.75 Å². The molecule has 120 valence electrons. The number of non-ortho nitro benzene ring substituents is 1. The first-order valence-corrected chi connectivity index (χ1v) is 7.74. The smallest absolute Gasteiger partial charge is 0.269 e. The number of aliphatic hydroxyl groups is 1. The molecule has 0 saturated heterocycles. The van der Waals surface area contributed by atoms with Crippen molar-refractivity contribution in [3.05, 3.63) is 81.9 Å². The van der Waals surface area contributed by atoms with Gasteiger partial charge in [0.2, 0.25) is 0 Å². The summed E-state index contributed by atoms with van der Waals surface area (Å²) in [4.78, 5) is 10.6. The maximum atomic E-state index is 11.1. The number of hydrogen-bond donors (Lipinski definition) is 1. The molecule has 0 aliphatic carbocycles. The highest BCUT2D eigenvalue weighted by Gasteiger charge is 2.30. The molecule has 0 bridgehead atoms. The lowest BCUT2D eigenvalue weighted by atomic mass is 9.84. The van der Waals surface area contributed by atoms with E-state index in [0.29, 0.717) is 12.2 Å². The van der Waals surface area contributed by atoms with Gasteiger partial charge >= 0.3 is 0 Å². The van der Waals surface area contributed by atoms with Crippen molar-refractivity contribution < 1.29 is 14.8 Å². The fourth-order valence-electron chi connectivity index (χ4n) is 3.35. The molecule has 3 aromatic rings. The maximum Gasteiger partial charge on any atom is 0.269 e.